The summed E-state index contributed by atoms with van der Waals surface area (Å²) in [5.41, 5.74) is 2.60. The molecule has 1 N–H and O–H groups in total. The Kier molecular flexibility index (Phi) is 5.09. The van der Waals surface area contributed by atoms with Crippen LogP contribution in [0.5, 0.6) is 5.75 Å². The summed E-state index contributed by atoms with van der Waals surface area (Å²) in [5, 5.41) is 3.43. The van der Waals surface area contributed by atoms with Crippen LogP contribution < -0.4 is 10.1 Å². The summed E-state index contributed by atoms with van der Waals surface area (Å²) < 4.78 is 6.44. The fourth-order valence-corrected chi connectivity index (χ4v) is 3.17. The Morgan fingerprint density at radius 3 is 2.65 bits per heavy atom. The zero-order valence-corrected chi connectivity index (χ0v) is 13.6. The maximum absolute atomic E-state index is 6.44. The number of benzene rings is 1. The predicted octanol–water partition coefficient (Wildman–Crippen LogP) is 4.27. The molecule has 2 rings (SSSR count). The van der Waals surface area contributed by atoms with Gasteiger partial charge in [0.1, 0.15) is 11.9 Å². The monoisotopic (exact) mass is 275 g/mol. The molecule has 2 heteroatoms. The Hall–Kier alpha value is -1.02. The first-order chi connectivity index (χ1) is 9.51. The molecule has 1 aliphatic rings. The first kappa shape index (κ1) is 15.4. The highest BCUT2D eigenvalue weighted by Crippen LogP contribution is 2.32. The second-order valence-corrected chi connectivity index (χ2v) is 6.67. The normalized spacial score (nSPS) is 26.8. The van der Waals surface area contributed by atoms with E-state index in [2.05, 4.69) is 58.3 Å². The molecule has 2 nitrogen and oxygen atoms in total. The van der Waals surface area contributed by atoms with Gasteiger partial charge in [0.05, 0.1) is 0 Å². The lowest BCUT2D eigenvalue weighted by Crippen LogP contribution is -2.45. The van der Waals surface area contributed by atoms with Crippen molar-refractivity contribution in [1.82, 2.24) is 5.32 Å². The molecular weight excluding hydrogens is 246 g/mol. The second kappa shape index (κ2) is 6.62. The third-order valence-electron chi connectivity index (χ3n) is 4.49. The highest BCUT2D eigenvalue weighted by atomic mass is 16.5. The number of hydrogen-bond donors (Lipinski definition) is 1. The third-order valence-corrected chi connectivity index (χ3v) is 4.49. The lowest BCUT2D eigenvalue weighted by Gasteiger charge is -2.35. The Balaban J connectivity index is 2.21. The van der Waals surface area contributed by atoms with E-state index in [1.54, 1.807) is 0 Å². The second-order valence-electron chi connectivity index (χ2n) is 6.67. The maximum atomic E-state index is 6.44. The van der Waals surface area contributed by atoms with Crippen LogP contribution in [0.1, 0.15) is 57.1 Å². The first-order valence-electron chi connectivity index (χ1n) is 7.95. The number of ether oxygens (including phenoxy) is 1. The quantitative estimate of drug-likeness (QED) is 0.886. The molecule has 0 heterocycles. The third kappa shape index (κ3) is 3.54. The van der Waals surface area contributed by atoms with Gasteiger partial charge in [-0.3, -0.25) is 0 Å². The van der Waals surface area contributed by atoms with E-state index in [0.29, 0.717) is 18.1 Å². The van der Waals surface area contributed by atoms with Crippen LogP contribution in [0.4, 0.5) is 0 Å². The molecule has 1 aromatic carbocycles. The van der Waals surface area contributed by atoms with Gasteiger partial charge in [0.25, 0.3) is 0 Å². The van der Waals surface area contributed by atoms with E-state index in [1.165, 1.54) is 24.0 Å². The standard InChI is InChI=1S/C18H29NO/c1-12(2)15-8-6-13(3)10-17(15)20-18-11-14(4)7-9-16(18)19-5/h6,8,10,12,14,16,18-19H,7,9,11H2,1-5H3. The largest absolute Gasteiger partial charge is 0.488 e. The van der Waals surface area contributed by atoms with Gasteiger partial charge in [-0.2, -0.15) is 0 Å². The van der Waals surface area contributed by atoms with Crippen molar-refractivity contribution < 1.29 is 4.74 Å². The van der Waals surface area contributed by atoms with E-state index in [1.807, 2.05) is 0 Å². The van der Waals surface area contributed by atoms with Crippen molar-refractivity contribution in [2.75, 3.05) is 7.05 Å². The lowest BCUT2D eigenvalue weighted by atomic mass is 9.85. The molecule has 1 saturated carbocycles. The fourth-order valence-electron chi connectivity index (χ4n) is 3.17. The average molecular weight is 275 g/mol. The molecule has 0 spiro atoms. The van der Waals surface area contributed by atoms with E-state index in [-0.39, 0.29) is 0 Å². The van der Waals surface area contributed by atoms with Gasteiger partial charge < -0.3 is 10.1 Å². The van der Waals surface area contributed by atoms with Crippen LogP contribution in [0.15, 0.2) is 18.2 Å². The molecule has 0 aliphatic heterocycles. The minimum atomic E-state index is 0.294. The summed E-state index contributed by atoms with van der Waals surface area (Å²) in [6.07, 6.45) is 3.96. The smallest absolute Gasteiger partial charge is 0.123 e. The highest BCUT2D eigenvalue weighted by molar-refractivity contribution is 5.39. The number of likely N-dealkylation sites (N-methyl/N-ethyl adjacent to an activating group) is 1. The molecule has 3 unspecified atom stereocenters. The first-order valence-corrected chi connectivity index (χ1v) is 7.95. The van der Waals surface area contributed by atoms with Crippen LogP contribution in [-0.4, -0.2) is 19.2 Å². The Morgan fingerprint density at radius 1 is 1.25 bits per heavy atom. The number of rotatable bonds is 4. The van der Waals surface area contributed by atoms with Crippen LogP contribution in [0, 0.1) is 12.8 Å². The van der Waals surface area contributed by atoms with Crippen molar-refractivity contribution in [2.45, 2.75) is 65.0 Å². The Bertz CT molecular complexity index is 441. The van der Waals surface area contributed by atoms with Gasteiger partial charge in [0, 0.05) is 6.04 Å². The average Bonchev–Trinajstić information content (AvgIpc) is 2.38. The van der Waals surface area contributed by atoms with Gasteiger partial charge in [-0.1, -0.05) is 32.9 Å². The highest BCUT2D eigenvalue weighted by Gasteiger charge is 2.29. The van der Waals surface area contributed by atoms with Gasteiger partial charge in [-0.25, -0.2) is 0 Å². The predicted molar refractivity (Wildman–Crippen MR) is 85.5 cm³/mol. The molecule has 112 valence electrons. The Morgan fingerprint density at radius 2 is 2.00 bits per heavy atom. The molecule has 0 aromatic heterocycles. The van der Waals surface area contributed by atoms with Crippen molar-refractivity contribution in [2.24, 2.45) is 5.92 Å². The van der Waals surface area contributed by atoms with Gasteiger partial charge in [0.2, 0.25) is 0 Å². The zero-order chi connectivity index (χ0) is 14.7. The number of hydrogen-bond acceptors (Lipinski definition) is 2. The van der Waals surface area contributed by atoms with Crippen molar-refractivity contribution in [1.29, 1.82) is 0 Å². The molecule has 1 fully saturated rings. The number of aryl methyl sites for hydroxylation is 1. The van der Waals surface area contributed by atoms with Crippen molar-refractivity contribution in [3.63, 3.8) is 0 Å². The molecule has 0 amide bonds. The maximum Gasteiger partial charge on any atom is 0.123 e. The van der Waals surface area contributed by atoms with Crippen LogP contribution in [0.25, 0.3) is 0 Å². The zero-order valence-electron chi connectivity index (χ0n) is 13.6. The molecule has 0 bridgehead atoms. The molecule has 3 atom stereocenters. The molecular formula is C18H29NO. The SMILES string of the molecule is CNC1CCC(C)CC1Oc1cc(C)ccc1C(C)C. The van der Waals surface area contributed by atoms with Crippen LogP contribution in [0.2, 0.25) is 0 Å². The number of nitrogens with one attached hydrogen (secondary N) is 1. The van der Waals surface area contributed by atoms with Gasteiger partial charge in [-0.15, -0.1) is 0 Å². The summed E-state index contributed by atoms with van der Waals surface area (Å²) in [7, 11) is 2.05. The van der Waals surface area contributed by atoms with Crippen molar-refractivity contribution >= 4 is 0 Å². The van der Waals surface area contributed by atoms with Crippen molar-refractivity contribution in [3.8, 4) is 5.75 Å². The van der Waals surface area contributed by atoms with Crippen LogP contribution >= 0.6 is 0 Å². The minimum absolute atomic E-state index is 0.294. The van der Waals surface area contributed by atoms with E-state index in [0.717, 1.165) is 18.1 Å². The van der Waals surface area contributed by atoms with Crippen LogP contribution in [-0.2, 0) is 0 Å². The topological polar surface area (TPSA) is 21.3 Å². The summed E-state index contributed by atoms with van der Waals surface area (Å²) in [6.45, 7) is 8.94. The van der Waals surface area contributed by atoms with E-state index in [4.69, 9.17) is 4.74 Å². The van der Waals surface area contributed by atoms with Gasteiger partial charge in [-0.05, 0) is 62.3 Å². The molecule has 20 heavy (non-hydrogen) atoms. The van der Waals surface area contributed by atoms with Crippen LogP contribution in [0.3, 0.4) is 0 Å². The van der Waals surface area contributed by atoms with E-state index >= 15 is 0 Å². The van der Waals surface area contributed by atoms with Gasteiger partial charge >= 0.3 is 0 Å². The fraction of sp³-hybridized carbons (Fsp3) is 0.667. The van der Waals surface area contributed by atoms with Crippen molar-refractivity contribution in [3.05, 3.63) is 29.3 Å². The lowest BCUT2D eigenvalue weighted by molar-refractivity contribution is 0.0932. The summed E-state index contributed by atoms with van der Waals surface area (Å²) in [6, 6.07) is 7.07. The molecule has 1 aliphatic carbocycles. The van der Waals surface area contributed by atoms with E-state index < -0.39 is 0 Å². The summed E-state index contributed by atoms with van der Waals surface area (Å²) >= 11 is 0. The van der Waals surface area contributed by atoms with E-state index in [9.17, 15) is 0 Å². The summed E-state index contributed by atoms with van der Waals surface area (Å²) in [4.78, 5) is 0. The summed E-state index contributed by atoms with van der Waals surface area (Å²) in [5.74, 6) is 2.34. The van der Waals surface area contributed by atoms with Gasteiger partial charge in [0.15, 0.2) is 0 Å². The minimum Gasteiger partial charge on any atom is -0.488 e. The molecule has 1 aromatic rings. The Labute approximate surface area is 123 Å². The molecule has 0 radical (unpaired) electrons. The molecule has 0 saturated heterocycles.